The smallest absolute Gasteiger partial charge is 0.283 e. The second-order valence-electron chi connectivity index (χ2n) is 9.39. The third kappa shape index (κ3) is 5.68. The number of carbonyl (C=O) groups is 1. The molecule has 2 fully saturated rings. The Morgan fingerprint density at radius 2 is 1.89 bits per heavy atom. The van der Waals surface area contributed by atoms with Crippen molar-refractivity contribution in [3.63, 3.8) is 0 Å². The minimum Gasteiger partial charge on any atom is -0.454 e. The summed E-state index contributed by atoms with van der Waals surface area (Å²) in [6.07, 6.45) is 9.76. The molecule has 37 heavy (non-hydrogen) atoms. The number of para-hydroxylation sites is 1. The summed E-state index contributed by atoms with van der Waals surface area (Å²) < 4.78 is 6.07. The summed E-state index contributed by atoms with van der Waals surface area (Å²) in [5, 5.41) is 11.1. The number of carbonyl (C=O) groups excluding carboxylic acids is 1. The van der Waals surface area contributed by atoms with E-state index < -0.39 is 0 Å². The lowest BCUT2D eigenvalue weighted by molar-refractivity contribution is 0.262. The highest BCUT2D eigenvalue weighted by Gasteiger charge is 2.22. The van der Waals surface area contributed by atoms with Crippen LogP contribution < -0.4 is 16.0 Å². The van der Waals surface area contributed by atoms with Crippen LogP contribution in [-0.4, -0.2) is 38.8 Å². The zero-order valence-corrected chi connectivity index (χ0v) is 21.1. The standard InChI is InChI=1S/C28H28N6O2S/c35-28-32-17-23(37-28)15-22-11-13-30-27(34-22)33-21-9-7-20(8-10-21)31-16-19-5-3-12-29-26(19)25-14-18-4-1-2-6-24(18)36-25/h1-6,11-15,20-21,31H,7-10,16-17H2,(H,32,35)(H,30,33,34)/b23-15-/t20-,21-. The fourth-order valence-corrected chi connectivity index (χ4v) is 5.61. The zero-order valence-electron chi connectivity index (χ0n) is 20.3. The van der Waals surface area contributed by atoms with E-state index in [1.807, 2.05) is 42.6 Å². The maximum Gasteiger partial charge on any atom is 0.283 e. The molecule has 4 aromatic rings. The van der Waals surface area contributed by atoms with E-state index in [0.29, 0.717) is 24.6 Å². The summed E-state index contributed by atoms with van der Waals surface area (Å²) in [4.78, 5) is 26.0. The Morgan fingerprint density at radius 1 is 1.03 bits per heavy atom. The summed E-state index contributed by atoms with van der Waals surface area (Å²) in [6.45, 7) is 1.31. The van der Waals surface area contributed by atoms with Crippen molar-refractivity contribution in [2.45, 2.75) is 44.3 Å². The van der Waals surface area contributed by atoms with Crippen molar-refractivity contribution >= 4 is 40.0 Å². The second kappa shape index (κ2) is 10.7. The number of amides is 1. The van der Waals surface area contributed by atoms with Crippen molar-refractivity contribution in [1.82, 2.24) is 25.6 Å². The quantitative estimate of drug-likeness (QED) is 0.294. The molecule has 8 nitrogen and oxygen atoms in total. The molecule has 3 N–H and O–H groups in total. The van der Waals surface area contributed by atoms with Crippen LogP contribution in [0, 0.1) is 0 Å². The lowest BCUT2D eigenvalue weighted by atomic mass is 9.91. The summed E-state index contributed by atoms with van der Waals surface area (Å²) in [5.74, 6) is 1.44. The van der Waals surface area contributed by atoms with Crippen LogP contribution in [0.25, 0.3) is 28.5 Å². The average molecular weight is 513 g/mol. The maximum absolute atomic E-state index is 11.4. The lowest BCUT2D eigenvalue weighted by Gasteiger charge is -2.30. The topological polar surface area (TPSA) is 105 Å². The molecule has 1 amide bonds. The molecule has 1 saturated carbocycles. The first kappa shape index (κ1) is 23.7. The Morgan fingerprint density at radius 3 is 2.73 bits per heavy atom. The van der Waals surface area contributed by atoms with Crippen LogP contribution in [0.15, 0.2) is 70.2 Å². The first-order valence-electron chi connectivity index (χ1n) is 12.6. The predicted octanol–water partition coefficient (Wildman–Crippen LogP) is 5.60. The number of nitrogens with one attached hydrogen (secondary N) is 3. The molecule has 2 aliphatic rings. The Kier molecular flexibility index (Phi) is 6.88. The van der Waals surface area contributed by atoms with E-state index in [1.54, 1.807) is 6.20 Å². The van der Waals surface area contributed by atoms with Crippen molar-refractivity contribution < 1.29 is 9.21 Å². The van der Waals surface area contributed by atoms with Gasteiger partial charge in [0.25, 0.3) is 5.24 Å². The largest absolute Gasteiger partial charge is 0.454 e. The molecule has 0 spiro atoms. The predicted molar refractivity (Wildman–Crippen MR) is 147 cm³/mol. The van der Waals surface area contributed by atoms with E-state index >= 15 is 0 Å². The minimum absolute atomic E-state index is 0.0155. The normalized spacial score (nSPS) is 20.9. The van der Waals surface area contributed by atoms with Crippen LogP contribution in [0.4, 0.5) is 10.7 Å². The van der Waals surface area contributed by atoms with E-state index in [0.717, 1.165) is 70.8 Å². The number of anilines is 1. The van der Waals surface area contributed by atoms with Crippen LogP contribution >= 0.6 is 11.8 Å². The minimum atomic E-state index is -0.0155. The summed E-state index contributed by atoms with van der Waals surface area (Å²) >= 11 is 1.22. The number of aromatic nitrogens is 3. The van der Waals surface area contributed by atoms with Crippen molar-refractivity contribution in [3.8, 4) is 11.5 Å². The molecule has 0 atom stereocenters. The number of hydrogen-bond acceptors (Lipinski definition) is 8. The van der Waals surface area contributed by atoms with Gasteiger partial charge in [0.1, 0.15) is 11.3 Å². The van der Waals surface area contributed by atoms with Crippen molar-refractivity contribution in [2.75, 3.05) is 11.9 Å². The van der Waals surface area contributed by atoms with Crippen LogP contribution in [0.3, 0.4) is 0 Å². The summed E-state index contributed by atoms with van der Waals surface area (Å²) in [5.41, 5.74) is 3.72. The van der Waals surface area contributed by atoms with Gasteiger partial charge in [0.2, 0.25) is 5.95 Å². The van der Waals surface area contributed by atoms with Gasteiger partial charge >= 0.3 is 0 Å². The molecule has 188 valence electrons. The SMILES string of the molecule is O=C1NC/C(=C/c2ccnc(N[C@H]3CC[C@H](NCc4cccnc4-c4cc5ccccc5o4)CC3)n2)S1. The highest BCUT2D eigenvalue weighted by atomic mass is 32.2. The fourth-order valence-electron chi connectivity index (χ4n) is 4.90. The Hall–Kier alpha value is -3.69. The first-order valence-corrected chi connectivity index (χ1v) is 13.4. The monoisotopic (exact) mass is 512 g/mol. The molecule has 1 aliphatic heterocycles. The van der Waals surface area contributed by atoms with Gasteiger partial charge in [-0.15, -0.1) is 0 Å². The Balaban J connectivity index is 1.03. The summed E-state index contributed by atoms with van der Waals surface area (Å²) in [6, 6.07) is 16.9. The van der Waals surface area contributed by atoms with Gasteiger partial charge in [-0.2, -0.15) is 0 Å². The zero-order chi connectivity index (χ0) is 25.0. The Labute approximate surface area is 219 Å². The molecule has 0 bridgehead atoms. The maximum atomic E-state index is 11.4. The van der Waals surface area contributed by atoms with Crippen LogP contribution in [0.1, 0.15) is 36.9 Å². The van der Waals surface area contributed by atoms with Gasteiger partial charge in [-0.3, -0.25) is 9.78 Å². The molecule has 1 aliphatic carbocycles. The molecule has 1 aromatic carbocycles. The number of benzene rings is 1. The first-order chi connectivity index (χ1) is 18.2. The molecule has 9 heteroatoms. The number of furan rings is 1. The van der Waals surface area contributed by atoms with Crippen molar-refractivity contribution in [2.24, 2.45) is 0 Å². The third-order valence-electron chi connectivity index (χ3n) is 6.81. The highest BCUT2D eigenvalue weighted by Crippen LogP contribution is 2.29. The van der Waals surface area contributed by atoms with Gasteiger partial charge in [0.05, 0.1) is 12.2 Å². The number of fused-ring (bicyclic) bond motifs is 1. The van der Waals surface area contributed by atoms with Crippen molar-refractivity contribution in [1.29, 1.82) is 0 Å². The van der Waals surface area contributed by atoms with E-state index in [-0.39, 0.29) is 5.24 Å². The lowest BCUT2D eigenvalue weighted by Crippen LogP contribution is -2.37. The van der Waals surface area contributed by atoms with Crippen molar-refractivity contribution in [3.05, 3.63) is 77.1 Å². The van der Waals surface area contributed by atoms with Gasteiger partial charge in [-0.25, -0.2) is 9.97 Å². The van der Waals surface area contributed by atoms with Gasteiger partial charge in [-0.1, -0.05) is 24.3 Å². The molecular formula is C28H28N6O2S. The van der Waals surface area contributed by atoms with E-state index in [9.17, 15) is 4.79 Å². The number of hydrogen-bond donors (Lipinski definition) is 3. The average Bonchev–Trinajstić information content (AvgIpc) is 3.54. The molecule has 3 aromatic heterocycles. The van der Waals surface area contributed by atoms with E-state index in [2.05, 4.69) is 49.1 Å². The fraction of sp³-hybridized carbons (Fsp3) is 0.286. The summed E-state index contributed by atoms with van der Waals surface area (Å²) in [7, 11) is 0. The highest BCUT2D eigenvalue weighted by molar-refractivity contribution is 8.17. The van der Waals surface area contributed by atoms with Gasteiger partial charge in [0.15, 0.2) is 5.76 Å². The number of nitrogens with zero attached hydrogens (tertiary/aromatic N) is 3. The van der Waals surface area contributed by atoms with E-state index in [1.165, 1.54) is 11.8 Å². The molecule has 1 saturated heterocycles. The van der Waals surface area contributed by atoms with E-state index in [4.69, 9.17) is 4.42 Å². The third-order valence-corrected chi connectivity index (χ3v) is 7.66. The second-order valence-corrected chi connectivity index (χ2v) is 10.5. The number of pyridine rings is 1. The number of rotatable bonds is 7. The molecular weight excluding hydrogens is 484 g/mol. The molecule has 4 heterocycles. The van der Waals surface area contributed by atoms with Crippen LogP contribution in [0.2, 0.25) is 0 Å². The molecule has 0 unspecified atom stereocenters. The molecule has 0 radical (unpaired) electrons. The van der Waals surface area contributed by atoms with Crippen LogP contribution in [-0.2, 0) is 6.54 Å². The van der Waals surface area contributed by atoms with Crippen LogP contribution in [0.5, 0.6) is 0 Å². The van der Waals surface area contributed by atoms with Gasteiger partial charge < -0.3 is 20.4 Å². The number of thioether (sulfide) groups is 1. The van der Waals surface area contributed by atoms with Gasteiger partial charge in [-0.05, 0) is 73.4 Å². The molecule has 6 rings (SSSR count). The van der Waals surface area contributed by atoms with Gasteiger partial charge in [0, 0.05) is 41.3 Å². The Bertz CT molecular complexity index is 1410.